The molecule has 0 saturated heterocycles. The molecule has 0 aromatic heterocycles. The van der Waals surface area contributed by atoms with Crippen LogP contribution in [0.25, 0.3) is 6.08 Å². The number of benzene rings is 2. The predicted octanol–water partition coefficient (Wildman–Crippen LogP) is 4.19. The Kier molecular flexibility index (Phi) is 4.94. The van der Waals surface area contributed by atoms with Crippen molar-refractivity contribution >= 4 is 12.0 Å². The van der Waals surface area contributed by atoms with Crippen molar-refractivity contribution in [2.75, 3.05) is 0 Å². The van der Waals surface area contributed by atoms with Gasteiger partial charge in [0, 0.05) is 6.08 Å². The number of hydrogen-bond acceptors (Lipinski definition) is 1. The molecule has 0 unspecified atom stereocenters. The van der Waals surface area contributed by atoms with Crippen LogP contribution in [0.1, 0.15) is 35.2 Å². The van der Waals surface area contributed by atoms with Gasteiger partial charge in [-0.25, -0.2) is 0 Å². The predicted molar refractivity (Wildman–Crippen MR) is 87.9 cm³/mol. The molecule has 1 amide bonds. The van der Waals surface area contributed by atoms with Crippen LogP contribution in [0.2, 0.25) is 0 Å². The third kappa shape index (κ3) is 4.32. The molecule has 0 aliphatic rings. The molecule has 0 spiro atoms. The number of nitrogens with one attached hydrogen (secondary N) is 1. The second-order valence-electron chi connectivity index (χ2n) is 5.33. The molecule has 1 atom stereocenters. The summed E-state index contributed by atoms with van der Waals surface area (Å²) in [4.78, 5) is 12.0. The average molecular weight is 279 g/mol. The van der Waals surface area contributed by atoms with E-state index in [2.05, 4.69) is 37.4 Å². The first kappa shape index (κ1) is 15.0. The number of carbonyl (C=O) groups is 1. The largest absolute Gasteiger partial charge is 0.346 e. The van der Waals surface area contributed by atoms with Crippen molar-refractivity contribution in [1.82, 2.24) is 5.32 Å². The summed E-state index contributed by atoms with van der Waals surface area (Å²) >= 11 is 0. The minimum atomic E-state index is -0.0775. The lowest BCUT2D eigenvalue weighted by molar-refractivity contribution is -0.117. The maximum atomic E-state index is 12.0. The zero-order valence-corrected chi connectivity index (χ0v) is 12.8. The van der Waals surface area contributed by atoms with Gasteiger partial charge >= 0.3 is 0 Å². The first-order chi connectivity index (χ1) is 10.1. The Labute approximate surface area is 126 Å². The Bertz CT molecular complexity index is 644. The van der Waals surface area contributed by atoms with E-state index in [-0.39, 0.29) is 11.9 Å². The smallest absolute Gasteiger partial charge is 0.244 e. The summed E-state index contributed by atoms with van der Waals surface area (Å²) in [5.74, 6) is -0.0775. The molecule has 2 nitrogen and oxygen atoms in total. The first-order valence-electron chi connectivity index (χ1n) is 7.17. The van der Waals surface area contributed by atoms with Crippen molar-refractivity contribution in [3.63, 3.8) is 0 Å². The highest BCUT2D eigenvalue weighted by atomic mass is 16.1. The van der Waals surface area contributed by atoms with Crippen LogP contribution in [0.3, 0.4) is 0 Å². The van der Waals surface area contributed by atoms with E-state index in [4.69, 9.17) is 0 Å². The summed E-state index contributed by atoms with van der Waals surface area (Å²) in [6.07, 6.45) is 3.40. The van der Waals surface area contributed by atoms with Crippen LogP contribution in [0.5, 0.6) is 0 Å². The summed E-state index contributed by atoms with van der Waals surface area (Å²) in [6, 6.07) is 16.1. The number of amides is 1. The lowest BCUT2D eigenvalue weighted by Gasteiger charge is -2.16. The van der Waals surface area contributed by atoms with Gasteiger partial charge in [0.15, 0.2) is 0 Å². The monoisotopic (exact) mass is 279 g/mol. The third-order valence-electron chi connectivity index (χ3n) is 3.48. The molecule has 0 fully saturated rings. The minimum Gasteiger partial charge on any atom is -0.346 e. The molecule has 1 N–H and O–H groups in total. The molecule has 21 heavy (non-hydrogen) atoms. The molecule has 0 bridgehead atoms. The van der Waals surface area contributed by atoms with Crippen molar-refractivity contribution in [2.45, 2.75) is 26.8 Å². The summed E-state index contributed by atoms with van der Waals surface area (Å²) < 4.78 is 0. The maximum Gasteiger partial charge on any atom is 0.244 e. The molecule has 2 aromatic rings. The van der Waals surface area contributed by atoms with E-state index in [0.717, 1.165) is 11.1 Å². The fraction of sp³-hybridized carbons (Fsp3) is 0.211. The van der Waals surface area contributed by atoms with E-state index in [9.17, 15) is 4.79 Å². The second kappa shape index (κ2) is 6.89. The van der Waals surface area contributed by atoms with Crippen molar-refractivity contribution in [3.8, 4) is 0 Å². The van der Waals surface area contributed by atoms with Gasteiger partial charge in [-0.1, -0.05) is 54.1 Å². The second-order valence-corrected chi connectivity index (χ2v) is 5.33. The minimum absolute atomic E-state index is 0.00137. The van der Waals surface area contributed by atoms with E-state index >= 15 is 0 Å². The van der Waals surface area contributed by atoms with E-state index in [0.29, 0.717) is 0 Å². The number of hydrogen-bond donors (Lipinski definition) is 1. The molecule has 2 aromatic carbocycles. The molecule has 0 aliphatic heterocycles. The standard InChI is InChI=1S/C19H21NO/c1-14-9-11-18(15(2)13-14)16(3)20-19(21)12-10-17-7-5-4-6-8-17/h4-13,16H,1-3H3,(H,20,21)/b12-10-/t16-/m0/s1. The normalized spacial score (nSPS) is 12.3. The van der Waals surface area contributed by atoms with Gasteiger partial charge in [-0.05, 0) is 43.5 Å². The highest BCUT2D eigenvalue weighted by molar-refractivity contribution is 5.91. The summed E-state index contributed by atoms with van der Waals surface area (Å²) in [5, 5.41) is 3.00. The summed E-state index contributed by atoms with van der Waals surface area (Å²) in [5.41, 5.74) is 4.61. The van der Waals surface area contributed by atoms with Crippen LogP contribution in [-0.4, -0.2) is 5.91 Å². The quantitative estimate of drug-likeness (QED) is 0.835. The fourth-order valence-electron chi connectivity index (χ4n) is 2.39. The van der Waals surface area contributed by atoms with Crippen molar-refractivity contribution in [2.24, 2.45) is 0 Å². The van der Waals surface area contributed by atoms with Crippen LogP contribution in [0.4, 0.5) is 0 Å². The number of aryl methyl sites for hydroxylation is 2. The van der Waals surface area contributed by atoms with Crippen LogP contribution in [0, 0.1) is 13.8 Å². The van der Waals surface area contributed by atoms with Gasteiger partial charge in [-0.3, -0.25) is 4.79 Å². The van der Waals surface area contributed by atoms with E-state index in [1.165, 1.54) is 11.1 Å². The molecule has 2 heteroatoms. The Balaban J connectivity index is 2.00. The average Bonchev–Trinajstić information content (AvgIpc) is 2.46. The first-order valence-corrected chi connectivity index (χ1v) is 7.17. The Morgan fingerprint density at radius 1 is 1.10 bits per heavy atom. The highest BCUT2D eigenvalue weighted by Crippen LogP contribution is 2.18. The molecule has 0 heterocycles. The SMILES string of the molecule is Cc1ccc([C@H](C)NC(=O)/C=C\c2ccccc2)c(C)c1. The van der Waals surface area contributed by atoms with Crippen LogP contribution >= 0.6 is 0 Å². The van der Waals surface area contributed by atoms with Crippen molar-refractivity contribution in [1.29, 1.82) is 0 Å². The summed E-state index contributed by atoms with van der Waals surface area (Å²) in [6.45, 7) is 6.15. The molecule has 0 saturated carbocycles. The van der Waals surface area contributed by atoms with Gasteiger partial charge in [-0.2, -0.15) is 0 Å². The lowest BCUT2D eigenvalue weighted by Crippen LogP contribution is -2.25. The molecular formula is C19H21NO. The van der Waals surface area contributed by atoms with E-state index < -0.39 is 0 Å². The van der Waals surface area contributed by atoms with Gasteiger partial charge in [-0.15, -0.1) is 0 Å². The molecule has 0 radical (unpaired) electrons. The van der Waals surface area contributed by atoms with Gasteiger partial charge in [0.05, 0.1) is 6.04 Å². The van der Waals surface area contributed by atoms with Crippen molar-refractivity contribution in [3.05, 3.63) is 76.9 Å². The molecule has 2 rings (SSSR count). The van der Waals surface area contributed by atoms with Crippen LogP contribution < -0.4 is 5.32 Å². The number of rotatable bonds is 4. The number of carbonyl (C=O) groups excluding carboxylic acids is 1. The Morgan fingerprint density at radius 2 is 1.81 bits per heavy atom. The van der Waals surface area contributed by atoms with Crippen molar-refractivity contribution < 1.29 is 4.79 Å². The van der Waals surface area contributed by atoms with Gasteiger partial charge < -0.3 is 5.32 Å². The van der Waals surface area contributed by atoms with Gasteiger partial charge in [0.2, 0.25) is 5.91 Å². The molecule has 0 aliphatic carbocycles. The van der Waals surface area contributed by atoms with E-state index in [1.807, 2.05) is 43.3 Å². The lowest BCUT2D eigenvalue weighted by atomic mass is 10.0. The van der Waals surface area contributed by atoms with Gasteiger partial charge in [0.25, 0.3) is 0 Å². The zero-order chi connectivity index (χ0) is 15.2. The maximum absolute atomic E-state index is 12.0. The Hall–Kier alpha value is -2.35. The molecular weight excluding hydrogens is 258 g/mol. The zero-order valence-electron chi connectivity index (χ0n) is 12.8. The van der Waals surface area contributed by atoms with E-state index in [1.54, 1.807) is 6.08 Å². The fourth-order valence-corrected chi connectivity index (χ4v) is 2.39. The van der Waals surface area contributed by atoms with Crippen LogP contribution in [0.15, 0.2) is 54.6 Å². The highest BCUT2D eigenvalue weighted by Gasteiger charge is 2.09. The van der Waals surface area contributed by atoms with Crippen LogP contribution in [-0.2, 0) is 4.79 Å². The third-order valence-corrected chi connectivity index (χ3v) is 3.48. The topological polar surface area (TPSA) is 29.1 Å². The molecule has 108 valence electrons. The Morgan fingerprint density at radius 3 is 2.48 bits per heavy atom. The summed E-state index contributed by atoms with van der Waals surface area (Å²) in [7, 11) is 0. The van der Waals surface area contributed by atoms with Gasteiger partial charge in [0.1, 0.15) is 0 Å².